The molecule has 0 aliphatic carbocycles. The van der Waals surface area contributed by atoms with Crippen LogP contribution >= 0.6 is 0 Å². The van der Waals surface area contributed by atoms with E-state index in [9.17, 15) is 10.1 Å². The Bertz CT molecular complexity index is 377. The number of hydrogen-bond donors (Lipinski definition) is 0. The molecule has 0 aromatic carbocycles. The van der Waals surface area contributed by atoms with E-state index in [2.05, 4.69) is 4.98 Å². The fourth-order valence-electron chi connectivity index (χ4n) is 1.45. The Balaban J connectivity index is 0.000000531. The van der Waals surface area contributed by atoms with Crippen LogP contribution in [0.15, 0.2) is 6.07 Å². The number of aromatic nitrogens is 1. The topological polar surface area (TPSA) is 65.3 Å². The molecule has 0 amide bonds. The predicted octanol–water partition coefficient (Wildman–Crippen LogP) is 2.26. The zero-order valence-electron chi connectivity index (χ0n) is 9.11. The smallest absolute Gasteiger partial charge is 0.364 e. The van der Waals surface area contributed by atoms with Gasteiger partial charge in [-0.05, 0) is 9.91 Å². The van der Waals surface area contributed by atoms with Crippen LogP contribution in [-0.2, 0) is 6.42 Å². The van der Waals surface area contributed by atoms with Crippen molar-refractivity contribution >= 4 is 5.82 Å². The highest BCUT2D eigenvalue weighted by atomic mass is 16.6. The first-order valence-electron chi connectivity index (χ1n) is 4.96. The van der Waals surface area contributed by atoms with E-state index >= 15 is 0 Å². The van der Waals surface area contributed by atoms with Crippen molar-refractivity contribution in [1.82, 2.24) is 4.98 Å². The molecular weight excluding hydrogens is 196 g/mol. The van der Waals surface area contributed by atoms with Crippen molar-refractivity contribution in [2.75, 3.05) is 6.61 Å². The molecule has 2 rings (SSSR count). The molecule has 0 N–H and O–H groups in total. The van der Waals surface area contributed by atoms with Crippen LogP contribution in [0.5, 0.6) is 5.75 Å². The second-order valence-electron chi connectivity index (χ2n) is 2.91. The monoisotopic (exact) mass is 210 g/mol. The lowest BCUT2D eigenvalue weighted by atomic mass is 10.2. The van der Waals surface area contributed by atoms with Crippen LogP contribution in [0.4, 0.5) is 5.82 Å². The van der Waals surface area contributed by atoms with Crippen molar-refractivity contribution in [3.05, 3.63) is 27.4 Å². The fraction of sp³-hybridized carbons (Fsp3) is 0.500. The summed E-state index contributed by atoms with van der Waals surface area (Å²) in [6, 6.07) is 1.48. The Hall–Kier alpha value is -1.65. The summed E-state index contributed by atoms with van der Waals surface area (Å²) in [4.78, 5) is 13.8. The van der Waals surface area contributed by atoms with Gasteiger partial charge >= 0.3 is 5.82 Å². The lowest BCUT2D eigenvalue weighted by molar-refractivity contribution is -0.389. The van der Waals surface area contributed by atoms with E-state index in [0.717, 1.165) is 12.0 Å². The van der Waals surface area contributed by atoms with Crippen LogP contribution in [0.2, 0.25) is 0 Å². The van der Waals surface area contributed by atoms with Crippen molar-refractivity contribution < 1.29 is 9.66 Å². The Labute approximate surface area is 88.2 Å². The molecule has 5 nitrogen and oxygen atoms in total. The molecule has 1 aromatic heterocycles. The van der Waals surface area contributed by atoms with Gasteiger partial charge in [0, 0.05) is 25.0 Å². The second-order valence-corrected chi connectivity index (χ2v) is 2.91. The largest absolute Gasteiger partial charge is 0.489 e. The Morgan fingerprint density at radius 1 is 1.53 bits per heavy atom. The van der Waals surface area contributed by atoms with Gasteiger partial charge < -0.3 is 14.9 Å². The molecular formula is C10H14N2O3. The van der Waals surface area contributed by atoms with Gasteiger partial charge in [0.2, 0.25) is 0 Å². The zero-order valence-corrected chi connectivity index (χ0v) is 9.11. The van der Waals surface area contributed by atoms with E-state index in [1.54, 1.807) is 6.92 Å². The van der Waals surface area contributed by atoms with E-state index in [1.807, 2.05) is 13.8 Å². The molecule has 0 spiro atoms. The van der Waals surface area contributed by atoms with Gasteiger partial charge in [0.15, 0.2) is 11.4 Å². The van der Waals surface area contributed by atoms with Gasteiger partial charge in [0.05, 0.1) is 6.61 Å². The number of pyridine rings is 1. The number of nitrogens with zero attached hydrogens (tertiary/aromatic N) is 2. The maximum absolute atomic E-state index is 10.5. The second kappa shape index (κ2) is 4.72. The molecule has 0 saturated heterocycles. The highest BCUT2D eigenvalue weighted by Gasteiger charge is 2.22. The summed E-state index contributed by atoms with van der Waals surface area (Å²) >= 11 is 0. The average Bonchev–Trinajstić information content (AvgIpc) is 2.69. The number of aryl methyl sites for hydroxylation is 1. The van der Waals surface area contributed by atoms with Crippen molar-refractivity contribution in [2.24, 2.45) is 0 Å². The van der Waals surface area contributed by atoms with Gasteiger partial charge in [0.25, 0.3) is 0 Å². The number of rotatable bonds is 1. The van der Waals surface area contributed by atoms with Gasteiger partial charge in [-0.25, -0.2) is 0 Å². The summed E-state index contributed by atoms with van der Waals surface area (Å²) in [5, 5.41) is 10.5. The van der Waals surface area contributed by atoms with Gasteiger partial charge in [0.1, 0.15) is 0 Å². The third kappa shape index (κ3) is 2.23. The quantitative estimate of drug-likeness (QED) is 0.526. The Kier molecular flexibility index (Phi) is 3.60. The van der Waals surface area contributed by atoms with Crippen LogP contribution in [0.25, 0.3) is 0 Å². The first kappa shape index (κ1) is 11.4. The molecule has 1 aliphatic heterocycles. The minimum atomic E-state index is -0.481. The zero-order chi connectivity index (χ0) is 11.4. The highest BCUT2D eigenvalue weighted by molar-refractivity contribution is 5.44. The molecule has 1 aromatic rings. The number of nitro groups is 1. The minimum absolute atomic E-state index is 0.0956. The highest BCUT2D eigenvalue weighted by Crippen LogP contribution is 2.30. The number of hydrogen-bond acceptors (Lipinski definition) is 4. The lowest BCUT2D eigenvalue weighted by Crippen LogP contribution is -1.96. The third-order valence-electron chi connectivity index (χ3n) is 2.01. The molecule has 15 heavy (non-hydrogen) atoms. The predicted molar refractivity (Wildman–Crippen MR) is 56.2 cm³/mol. The van der Waals surface area contributed by atoms with E-state index < -0.39 is 4.92 Å². The van der Waals surface area contributed by atoms with Crippen LogP contribution in [-0.4, -0.2) is 16.5 Å². The molecule has 0 radical (unpaired) electrons. The van der Waals surface area contributed by atoms with Crippen LogP contribution in [0.1, 0.15) is 25.1 Å². The number of ether oxygens (including phenoxy) is 1. The van der Waals surface area contributed by atoms with E-state index in [4.69, 9.17) is 4.74 Å². The normalized spacial score (nSPS) is 12.2. The summed E-state index contributed by atoms with van der Waals surface area (Å²) in [5.41, 5.74) is 1.49. The summed E-state index contributed by atoms with van der Waals surface area (Å²) in [6.45, 7) is 6.32. The molecule has 0 fully saturated rings. The maximum Gasteiger partial charge on any atom is 0.364 e. The fourth-order valence-corrected chi connectivity index (χ4v) is 1.45. The Morgan fingerprint density at radius 3 is 2.80 bits per heavy atom. The van der Waals surface area contributed by atoms with Crippen molar-refractivity contribution in [2.45, 2.75) is 27.2 Å². The first-order valence-corrected chi connectivity index (χ1v) is 4.96. The summed E-state index contributed by atoms with van der Waals surface area (Å²) in [5.74, 6) is 0.618. The van der Waals surface area contributed by atoms with Crippen molar-refractivity contribution in [3.63, 3.8) is 0 Å². The SMILES string of the molecule is CC.Cc1nc([N+](=O)[O-])cc2c1OCC2. The van der Waals surface area contributed by atoms with E-state index in [-0.39, 0.29) is 5.82 Å². The molecule has 0 atom stereocenters. The average molecular weight is 210 g/mol. The molecule has 0 unspecified atom stereocenters. The first-order chi connectivity index (χ1) is 7.18. The molecule has 0 saturated carbocycles. The van der Waals surface area contributed by atoms with Crippen molar-refractivity contribution in [3.8, 4) is 5.75 Å². The number of fused-ring (bicyclic) bond motifs is 1. The van der Waals surface area contributed by atoms with Crippen LogP contribution < -0.4 is 4.74 Å². The molecule has 0 bridgehead atoms. The standard InChI is InChI=1S/C8H8N2O3.C2H6/c1-5-8-6(2-3-13-8)4-7(9-5)10(11)12;1-2/h4H,2-3H2,1H3;1-2H3. The molecule has 5 heteroatoms. The van der Waals surface area contributed by atoms with Gasteiger partial charge in [-0.15, -0.1) is 0 Å². The van der Waals surface area contributed by atoms with Crippen LogP contribution in [0, 0.1) is 17.0 Å². The van der Waals surface area contributed by atoms with Crippen LogP contribution in [0.3, 0.4) is 0 Å². The minimum Gasteiger partial charge on any atom is -0.489 e. The maximum atomic E-state index is 10.5. The third-order valence-corrected chi connectivity index (χ3v) is 2.01. The summed E-state index contributed by atoms with van der Waals surface area (Å²) < 4.78 is 5.28. The summed E-state index contributed by atoms with van der Waals surface area (Å²) in [7, 11) is 0. The molecule has 82 valence electrons. The Morgan fingerprint density at radius 2 is 2.20 bits per heavy atom. The molecule has 1 aliphatic rings. The van der Waals surface area contributed by atoms with E-state index in [1.165, 1.54) is 6.07 Å². The lowest BCUT2D eigenvalue weighted by Gasteiger charge is -1.99. The van der Waals surface area contributed by atoms with Gasteiger partial charge in [-0.1, -0.05) is 13.8 Å². The molecule has 2 heterocycles. The van der Waals surface area contributed by atoms with Crippen molar-refractivity contribution in [1.29, 1.82) is 0 Å². The van der Waals surface area contributed by atoms with Gasteiger partial charge in [-0.2, -0.15) is 0 Å². The van der Waals surface area contributed by atoms with Gasteiger partial charge in [-0.3, -0.25) is 0 Å². The van der Waals surface area contributed by atoms with E-state index in [0.29, 0.717) is 18.1 Å². The summed E-state index contributed by atoms with van der Waals surface area (Å²) in [6.07, 6.45) is 0.736.